The number of Topliss-reactive ketones (excluding diaryl/α,β-unsaturated/α-hetero) is 1. The monoisotopic (exact) mass is 530 g/mol. The normalized spacial score (nSPS) is 18.1. The van der Waals surface area contributed by atoms with Crippen LogP contribution in [0.2, 0.25) is 5.02 Å². The second kappa shape index (κ2) is 12.7. The number of aromatic nitrogens is 1. The number of carbonyl (C=O) groups excluding carboxylic acids is 3. The average molecular weight is 531 g/mol. The van der Waals surface area contributed by atoms with Gasteiger partial charge in [-0.05, 0) is 37.8 Å². The molecule has 2 N–H and O–H groups in total. The quantitative estimate of drug-likeness (QED) is 0.447. The number of rotatable bonds is 10. The van der Waals surface area contributed by atoms with Gasteiger partial charge < -0.3 is 15.2 Å². The highest BCUT2D eigenvalue weighted by molar-refractivity contribution is 6.31. The Morgan fingerprint density at radius 1 is 1.22 bits per heavy atom. The lowest BCUT2D eigenvalue weighted by Crippen LogP contribution is -2.55. The second-order valence-corrected chi connectivity index (χ2v) is 9.59. The summed E-state index contributed by atoms with van der Waals surface area (Å²) in [5, 5.41) is 12.3. The fourth-order valence-electron chi connectivity index (χ4n) is 4.66. The molecule has 2 aromatic rings. The summed E-state index contributed by atoms with van der Waals surface area (Å²) in [5.74, 6) is -1.72. The Morgan fingerprint density at radius 2 is 1.97 bits per heavy atom. The van der Waals surface area contributed by atoms with Gasteiger partial charge in [-0.1, -0.05) is 49.6 Å². The Balaban J connectivity index is 1.73. The first kappa shape index (κ1) is 28.1. The molecule has 37 heavy (non-hydrogen) atoms. The van der Waals surface area contributed by atoms with Crippen LogP contribution in [0.25, 0.3) is 0 Å². The van der Waals surface area contributed by atoms with E-state index in [4.69, 9.17) is 16.3 Å². The number of nitrogens with one attached hydrogen (secondary N) is 1. The molecule has 0 spiro atoms. The summed E-state index contributed by atoms with van der Waals surface area (Å²) < 4.78 is 7.01. The third-order valence-electron chi connectivity index (χ3n) is 6.73. The number of unbranched alkanes of at least 4 members (excludes halogenated alkanes) is 1. The van der Waals surface area contributed by atoms with Crippen molar-refractivity contribution in [2.45, 2.75) is 70.2 Å². The lowest BCUT2D eigenvalue weighted by atomic mass is 9.74. The van der Waals surface area contributed by atoms with Gasteiger partial charge in [-0.3, -0.25) is 14.5 Å². The minimum absolute atomic E-state index is 0.0892. The fraction of sp³-hybridized carbons (Fsp3) is 0.444. The van der Waals surface area contributed by atoms with Crippen molar-refractivity contribution in [3.63, 3.8) is 0 Å². The highest BCUT2D eigenvalue weighted by Crippen LogP contribution is 2.42. The molecule has 1 aromatic carbocycles. The Morgan fingerprint density at radius 3 is 2.65 bits per heavy atom. The molecule has 1 heterocycles. The smallest absolute Gasteiger partial charge is 0.415 e. The Bertz CT molecular complexity index is 1160. The van der Waals surface area contributed by atoms with E-state index < -0.39 is 29.6 Å². The molecule has 0 radical (unpaired) electrons. The summed E-state index contributed by atoms with van der Waals surface area (Å²) in [4.78, 5) is 51.8. The van der Waals surface area contributed by atoms with Gasteiger partial charge in [0.1, 0.15) is 17.1 Å². The van der Waals surface area contributed by atoms with Gasteiger partial charge in [0.25, 0.3) is 12.6 Å². The van der Waals surface area contributed by atoms with Crippen molar-refractivity contribution in [1.29, 1.82) is 0 Å². The maximum Gasteiger partial charge on any atom is 0.415 e. The van der Waals surface area contributed by atoms with Crippen LogP contribution in [-0.4, -0.2) is 46.8 Å². The van der Waals surface area contributed by atoms with Gasteiger partial charge in [0.15, 0.2) is 18.2 Å². The molecule has 1 aliphatic rings. The van der Waals surface area contributed by atoms with Crippen molar-refractivity contribution in [2.24, 2.45) is 0 Å². The van der Waals surface area contributed by atoms with Gasteiger partial charge in [0.05, 0.1) is 0 Å². The number of nitrogens with zero attached hydrogens (tertiary/aromatic N) is 2. The van der Waals surface area contributed by atoms with Crippen molar-refractivity contribution in [1.82, 2.24) is 10.2 Å². The first-order valence-electron chi connectivity index (χ1n) is 12.4. The molecule has 9 nitrogen and oxygen atoms in total. The van der Waals surface area contributed by atoms with Gasteiger partial charge in [0.2, 0.25) is 0 Å². The van der Waals surface area contributed by atoms with Gasteiger partial charge >= 0.3 is 12.1 Å². The average Bonchev–Trinajstić information content (AvgIpc) is 2.90. The number of aliphatic carboxylic acids is 1. The molecule has 1 aliphatic carbocycles. The molecule has 0 saturated heterocycles. The zero-order valence-electron chi connectivity index (χ0n) is 21.1. The summed E-state index contributed by atoms with van der Waals surface area (Å²) in [6.07, 6.45) is 6.49. The maximum atomic E-state index is 13.2. The molecule has 3 rings (SSSR count). The lowest BCUT2D eigenvalue weighted by molar-refractivity contribution is -0.727. The summed E-state index contributed by atoms with van der Waals surface area (Å²) >= 11 is 6.45. The number of carbonyl (C=O) groups is 4. The van der Waals surface area contributed by atoms with Crippen LogP contribution >= 0.6 is 11.6 Å². The number of pyridine rings is 1. The summed E-state index contributed by atoms with van der Waals surface area (Å²) in [6, 6.07) is 9.18. The van der Waals surface area contributed by atoms with Gasteiger partial charge in [-0.2, -0.15) is 4.57 Å². The van der Waals surface area contributed by atoms with Crippen LogP contribution in [0.4, 0.5) is 4.79 Å². The number of amides is 2. The topological polar surface area (TPSA) is 117 Å². The minimum Gasteiger partial charge on any atom is -0.480 e. The zero-order valence-corrected chi connectivity index (χ0v) is 21.9. The number of ether oxygens (including phenoxy) is 1. The molecule has 10 heteroatoms. The number of hydrogen-bond donors (Lipinski definition) is 2. The Kier molecular flexibility index (Phi) is 9.63. The van der Waals surface area contributed by atoms with Crippen molar-refractivity contribution in [2.75, 3.05) is 7.05 Å². The van der Waals surface area contributed by atoms with Crippen molar-refractivity contribution in [3.8, 4) is 0 Å². The van der Waals surface area contributed by atoms with E-state index in [1.165, 1.54) is 22.7 Å². The Labute approximate surface area is 221 Å². The van der Waals surface area contributed by atoms with Crippen LogP contribution in [0.1, 0.15) is 67.8 Å². The van der Waals surface area contributed by atoms with E-state index in [2.05, 4.69) is 5.32 Å². The first-order chi connectivity index (χ1) is 17.7. The van der Waals surface area contributed by atoms with Gasteiger partial charge in [-0.15, -0.1) is 0 Å². The third-order valence-corrected chi connectivity index (χ3v) is 7.06. The minimum atomic E-state index is -1.22. The van der Waals surface area contributed by atoms with Crippen LogP contribution < -0.4 is 9.88 Å². The number of ketones is 1. The van der Waals surface area contributed by atoms with Crippen LogP contribution in [0.15, 0.2) is 48.8 Å². The van der Waals surface area contributed by atoms with E-state index in [9.17, 15) is 24.3 Å². The molecule has 2 atom stereocenters. The van der Waals surface area contributed by atoms with E-state index >= 15 is 0 Å². The molecule has 1 saturated carbocycles. The number of halogens is 1. The fourth-order valence-corrected chi connectivity index (χ4v) is 4.95. The maximum absolute atomic E-state index is 13.2. The summed E-state index contributed by atoms with van der Waals surface area (Å²) in [5.41, 5.74) is -0.419. The van der Waals surface area contributed by atoms with Crippen LogP contribution in [0.3, 0.4) is 0 Å². The lowest BCUT2D eigenvalue weighted by Gasteiger charge is -2.43. The SMILES string of the molecule is CCCC[C@H](NC(=O)c1ccc[n+](COC(=O)N(C)[C@@]2(c3ccccc3Cl)CCCCC2=O)c1)C(=O)O. The number of likely N-dealkylation sites (N-methyl/N-ethyl adjacent to an activating group) is 1. The predicted molar refractivity (Wildman–Crippen MR) is 136 cm³/mol. The van der Waals surface area contributed by atoms with E-state index in [-0.39, 0.29) is 18.1 Å². The van der Waals surface area contributed by atoms with E-state index in [0.717, 1.165) is 19.3 Å². The van der Waals surface area contributed by atoms with Crippen molar-refractivity contribution >= 4 is 35.4 Å². The van der Waals surface area contributed by atoms with E-state index in [1.807, 2.05) is 6.92 Å². The third kappa shape index (κ3) is 6.46. The second-order valence-electron chi connectivity index (χ2n) is 9.18. The van der Waals surface area contributed by atoms with Gasteiger partial charge in [0, 0.05) is 30.1 Å². The molecule has 2 amide bonds. The number of carboxylic acid groups (broad SMARTS) is 1. The van der Waals surface area contributed by atoms with E-state index in [0.29, 0.717) is 36.3 Å². The van der Waals surface area contributed by atoms with Crippen molar-refractivity contribution < 1.29 is 33.6 Å². The molecular weight excluding hydrogens is 498 g/mol. The highest BCUT2D eigenvalue weighted by Gasteiger charge is 2.48. The van der Waals surface area contributed by atoms with Crippen molar-refractivity contribution in [3.05, 3.63) is 64.9 Å². The molecule has 0 aliphatic heterocycles. The van der Waals surface area contributed by atoms with E-state index in [1.54, 1.807) is 42.6 Å². The Hall–Kier alpha value is -3.46. The molecular formula is C27H33ClN3O6+. The van der Waals surface area contributed by atoms with Crippen LogP contribution in [-0.2, 0) is 26.6 Å². The molecule has 0 bridgehead atoms. The number of hydrogen-bond acceptors (Lipinski definition) is 5. The van der Waals surface area contributed by atoms with Crippen LogP contribution in [0, 0.1) is 0 Å². The number of benzene rings is 1. The molecule has 1 aromatic heterocycles. The summed E-state index contributed by atoms with van der Waals surface area (Å²) in [6.45, 7) is 1.73. The zero-order chi connectivity index (χ0) is 27.0. The first-order valence-corrected chi connectivity index (χ1v) is 12.8. The molecule has 0 unspecified atom stereocenters. The molecule has 1 fully saturated rings. The predicted octanol–water partition coefficient (Wildman–Crippen LogP) is 4.07. The molecule has 198 valence electrons. The number of carboxylic acids is 1. The van der Waals surface area contributed by atoms with Crippen LogP contribution in [0.5, 0.6) is 0 Å². The van der Waals surface area contributed by atoms with Gasteiger partial charge in [-0.25, -0.2) is 9.59 Å². The highest BCUT2D eigenvalue weighted by atomic mass is 35.5. The largest absolute Gasteiger partial charge is 0.480 e. The standard InChI is InChI=1S/C27H32ClN3O6/c1-3-4-13-22(25(34)35)29-24(33)19-10-9-16-31(17-19)18-37-26(36)30(2)27(15-8-7-14-23(27)32)20-11-5-6-12-21(20)28/h5-6,9-12,16-17,22H,3-4,7-8,13-15,18H2,1-2H3,(H-,29,33,34,35)/p+1/t22-,27+/m0/s1. The summed E-state index contributed by atoms with van der Waals surface area (Å²) in [7, 11) is 1.53.